The number of morpholine rings is 1. The molecule has 1 N–H and O–H groups in total. The number of thioether (sulfide) groups is 1. The Morgan fingerprint density at radius 1 is 0.919 bits per heavy atom. The van der Waals surface area contributed by atoms with E-state index in [0.717, 1.165) is 0 Å². The zero-order valence-electron chi connectivity index (χ0n) is 20.1. The summed E-state index contributed by atoms with van der Waals surface area (Å²) in [5.41, 5.74) is 0. The summed E-state index contributed by atoms with van der Waals surface area (Å²) in [6.07, 6.45) is -1.02. The molecule has 0 radical (unpaired) electrons. The molecule has 0 aliphatic carbocycles. The molecule has 1 saturated heterocycles. The molecule has 1 aliphatic rings. The zero-order valence-corrected chi connectivity index (χ0v) is 20.9. The highest BCUT2D eigenvalue weighted by Crippen LogP contribution is 2.14. The first-order chi connectivity index (χ1) is 17.7. The Balaban J connectivity index is 1.51. The Labute approximate surface area is 213 Å². The number of aryl methyl sites for hydroxylation is 2. The Kier molecular flexibility index (Phi) is 10.4. The highest BCUT2D eigenvalue weighted by Gasteiger charge is 2.26. The molecule has 37 heavy (non-hydrogen) atoms. The van der Waals surface area contributed by atoms with Gasteiger partial charge in [-0.1, -0.05) is 0 Å². The molecule has 15 nitrogen and oxygen atoms in total. The van der Waals surface area contributed by atoms with Crippen LogP contribution in [0.5, 0.6) is 0 Å². The van der Waals surface area contributed by atoms with E-state index in [1.54, 1.807) is 0 Å². The van der Waals surface area contributed by atoms with Gasteiger partial charge in [0.15, 0.2) is 36.3 Å². The minimum Gasteiger partial charge on any atom is -0.463 e. The third-order valence-corrected chi connectivity index (χ3v) is 5.88. The molecule has 0 spiro atoms. The molecule has 1 fully saturated rings. The normalized spacial score (nSPS) is 14.6. The second-order valence-corrected chi connectivity index (χ2v) is 8.57. The van der Waals surface area contributed by atoms with Crippen LogP contribution in [0.3, 0.4) is 0 Å². The summed E-state index contributed by atoms with van der Waals surface area (Å²) >= 11 is 0.584. The summed E-state index contributed by atoms with van der Waals surface area (Å²) in [5.74, 6) is -2.57. The minimum atomic E-state index is -1.28. The molecule has 3 heterocycles. The second-order valence-electron chi connectivity index (χ2n) is 7.61. The van der Waals surface area contributed by atoms with E-state index in [1.807, 2.05) is 0 Å². The van der Waals surface area contributed by atoms with Crippen LogP contribution in [-0.4, -0.2) is 73.5 Å². The van der Waals surface area contributed by atoms with Gasteiger partial charge in [-0.15, -0.1) is 0 Å². The van der Waals surface area contributed by atoms with Crippen molar-refractivity contribution in [2.75, 3.05) is 45.2 Å². The smallest absolute Gasteiger partial charge is 0.463 e. The van der Waals surface area contributed by atoms with Gasteiger partial charge in [0, 0.05) is 25.4 Å². The molecule has 0 aromatic carbocycles. The minimum absolute atomic E-state index is 0.00364. The summed E-state index contributed by atoms with van der Waals surface area (Å²) in [6, 6.07) is -1.28. The third-order valence-electron chi connectivity index (χ3n) is 5.03. The van der Waals surface area contributed by atoms with Crippen molar-refractivity contribution in [3.8, 4) is 0 Å². The van der Waals surface area contributed by atoms with Crippen LogP contribution in [0.4, 0.5) is 9.59 Å². The number of rotatable bonds is 11. The van der Waals surface area contributed by atoms with Crippen LogP contribution in [-0.2, 0) is 37.0 Å². The Morgan fingerprint density at radius 3 is 2.08 bits per heavy atom. The maximum atomic E-state index is 12.7. The van der Waals surface area contributed by atoms with E-state index in [4.69, 9.17) is 27.8 Å². The number of amides is 1. The second kappa shape index (κ2) is 13.7. The van der Waals surface area contributed by atoms with Crippen LogP contribution >= 0.6 is 11.8 Å². The van der Waals surface area contributed by atoms with Gasteiger partial charge >= 0.3 is 29.0 Å². The number of carbonyl (C=O) groups excluding carboxylic acids is 3. The quantitative estimate of drug-likeness (QED) is 0.309. The Morgan fingerprint density at radius 2 is 1.51 bits per heavy atom. The first kappa shape index (κ1) is 28.1. The summed E-state index contributed by atoms with van der Waals surface area (Å²) in [5, 5.41) is 1.51. The van der Waals surface area contributed by atoms with E-state index in [9.17, 15) is 24.0 Å². The van der Waals surface area contributed by atoms with Crippen LogP contribution in [0.15, 0.2) is 27.3 Å². The molecule has 2 aromatic heterocycles. The number of alkyl carbamates (subject to hydrolysis) is 1. The van der Waals surface area contributed by atoms with Gasteiger partial charge < -0.3 is 41.9 Å². The first-order valence-electron chi connectivity index (χ1n) is 11.1. The van der Waals surface area contributed by atoms with Crippen molar-refractivity contribution in [3.63, 3.8) is 0 Å². The van der Waals surface area contributed by atoms with Crippen LogP contribution < -0.4 is 17.0 Å². The number of nitrogens with zero attached hydrogens (tertiary/aromatic N) is 1. The highest BCUT2D eigenvalue weighted by molar-refractivity contribution is 8.13. The fourth-order valence-electron chi connectivity index (χ4n) is 3.01. The molecule has 0 bridgehead atoms. The van der Waals surface area contributed by atoms with Crippen LogP contribution in [0.25, 0.3) is 0 Å². The predicted molar refractivity (Wildman–Crippen MR) is 122 cm³/mol. The summed E-state index contributed by atoms with van der Waals surface area (Å²) in [6.45, 7) is 5.23. The van der Waals surface area contributed by atoms with Crippen molar-refractivity contribution in [1.82, 2.24) is 10.2 Å². The van der Waals surface area contributed by atoms with Gasteiger partial charge in [-0.05, 0) is 25.6 Å². The molecule has 1 aliphatic heterocycles. The first-order valence-corrected chi connectivity index (χ1v) is 12.1. The monoisotopic (exact) mass is 546 g/mol. The van der Waals surface area contributed by atoms with E-state index in [-0.39, 0.29) is 42.0 Å². The maximum Gasteiger partial charge on any atom is 0.519 e. The van der Waals surface area contributed by atoms with Crippen molar-refractivity contribution in [3.05, 3.63) is 44.3 Å². The zero-order chi connectivity index (χ0) is 26.8. The lowest BCUT2D eigenvalue weighted by Crippen LogP contribution is -2.45. The van der Waals surface area contributed by atoms with Gasteiger partial charge in [-0.25, -0.2) is 24.0 Å². The van der Waals surface area contributed by atoms with Gasteiger partial charge in [0.2, 0.25) is 0 Å². The molecule has 3 rings (SSSR count). The average molecular weight is 547 g/mol. The van der Waals surface area contributed by atoms with Crippen molar-refractivity contribution >= 4 is 29.1 Å². The fraction of sp³-hybridized carbons (Fsp3) is 0.571. The molecule has 0 saturated carbocycles. The van der Waals surface area contributed by atoms with Gasteiger partial charge in [-0.2, -0.15) is 0 Å². The largest absolute Gasteiger partial charge is 0.519 e. The number of esters is 1. The summed E-state index contributed by atoms with van der Waals surface area (Å²) in [4.78, 5) is 61.3. The highest BCUT2D eigenvalue weighted by atomic mass is 32.2. The van der Waals surface area contributed by atoms with Crippen LogP contribution in [0.2, 0.25) is 0 Å². The number of nitrogens with one attached hydrogen (secondary N) is 1. The molecule has 0 unspecified atom stereocenters. The molecular weight excluding hydrogens is 520 g/mol. The number of carbonyl (C=O) groups is 3. The van der Waals surface area contributed by atoms with Gasteiger partial charge in [-0.3, -0.25) is 4.90 Å². The Hall–Kier alpha value is -3.50. The molecule has 1 amide bonds. The lowest BCUT2D eigenvalue weighted by atomic mass is 10.3. The van der Waals surface area contributed by atoms with Gasteiger partial charge in [0.25, 0.3) is 0 Å². The van der Waals surface area contributed by atoms with Crippen molar-refractivity contribution < 1.29 is 51.0 Å². The number of hydrogen-bond acceptors (Lipinski definition) is 15. The van der Waals surface area contributed by atoms with Crippen molar-refractivity contribution in [1.29, 1.82) is 0 Å². The molecule has 1 atom stereocenters. The third kappa shape index (κ3) is 9.14. The molecule has 16 heteroatoms. The Bertz CT molecular complexity index is 1170. The lowest BCUT2D eigenvalue weighted by Gasteiger charge is -2.26. The van der Waals surface area contributed by atoms with Crippen LogP contribution in [0, 0.1) is 13.8 Å². The summed E-state index contributed by atoms with van der Waals surface area (Å²) < 4.78 is 39.4. The summed E-state index contributed by atoms with van der Waals surface area (Å²) in [7, 11) is 0. The van der Waals surface area contributed by atoms with Crippen molar-refractivity contribution in [2.45, 2.75) is 33.1 Å². The van der Waals surface area contributed by atoms with E-state index in [1.165, 1.54) is 13.8 Å². The topological polar surface area (TPSA) is 190 Å². The average Bonchev–Trinajstić information content (AvgIpc) is 3.37. The number of ether oxygens (including phenoxy) is 4. The molecular formula is C21H26N2O13S. The van der Waals surface area contributed by atoms with Crippen molar-refractivity contribution in [2.24, 2.45) is 0 Å². The predicted octanol–water partition coefficient (Wildman–Crippen LogP) is 0.936. The van der Waals surface area contributed by atoms with E-state index in [0.29, 0.717) is 44.6 Å². The maximum absolute atomic E-state index is 12.7. The molecule has 2 aromatic rings. The van der Waals surface area contributed by atoms with Gasteiger partial charge in [0.05, 0.1) is 13.2 Å². The van der Waals surface area contributed by atoms with Gasteiger partial charge in [0.1, 0.15) is 12.6 Å². The van der Waals surface area contributed by atoms with E-state index in [2.05, 4.69) is 19.1 Å². The number of hydrogen-bond donors (Lipinski definition) is 1. The SMILES string of the molecule is Cc1oc(=O)oc1COC(=O)N[C@@H](CSC(=O)OCc1oc(=O)oc1C)C(=O)OCCN1CCOCC1. The van der Waals surface area contributed by atoms with E-state index >= 15 is 0 Å². The van der Waals surface area contributed by atoms with Crippen LogP contribution in [0.1, 0.15) is 23.0 Å². The fourth-order valence-corrected chi connectivity index (χ4v) is 3.68. The molecule has 204 valence electrons. The van der Waals surface area contributed by atoms with E-state index < -0.39 is 41.7 Å². The lowest BCUT2D eigenvalue weighted by molar-refractivity contribution is -0.146. The standard InChI is InChI=1S/C21H26N2O13S/c1-12-15(35-19(26)33-12)9-31-18(25)22-14(17(24)30-8-5-23-3-6-29-7-4-23)11-37-21(28)32-10-16-13(2)34-20(27)36-16/h14H,3-11H2,1-2H3,(H,22,25)/t14-/m0/s1.